The fourth-order valence-electron chi connectivity index (χ4n) is 2.38. The van der Waals surface area contributed by atoms with Crippen molar-refractivity contribution in [2.45, 2.75) is 13.8 Å². The lowest BCUT2D eigenvalue weighted by molar-refractivity contribution is 1.31. The highest BCUT2D eigenvalue weighted by Crippen LogP contribution is 2.22. The summed E-state index contributed by atoms with van der Waals surface area (Å²) >= 11 is 0. The second-order valence-corrected chi connectivity index (χ2v) is 5.05. The molecule has 0 saturated heterocycles. The van der Waals surface area contributed by atoms with Gasteiger partial charge in [-0.25, -0.2) is 0 Å². The second-order valence-electron chi connectivity index (χ2n) is 5.05. The van der Waals surface area contributed by atoms with Crippen LogP contribution in [0.5, 0.6) is 0 Å². The van der Waals surface area contributed by atoms with Crippen molar-refractivity contribution in [1.29, 1.82) is 0 Å². The number of aryl methyl sites for hydroxylation is 1. The third-order valence-corrected chi connectivity index (χ3v) is 3.74. The molecule has 0 saturated carbocycles. The van der Waals surface area contributed by atoms with Crippen molar-refractivity contribution in [2.75, 3.05) is 0 Å². The number of aliphatic imine (C=N–C) groups is 1. The second kappa shape index (κ2) is 5.30. The molecule has 0 aliphatic heterocycles. The highest BCUT2D eigenvalue weighted by molar-refractivity contribution is 6.00. The summed E-state index contributed by atoms with van der Waals surface area (Å²) in [4.78, 5) is 4.66. The summed E-state index contributed by atoms with van der Waals surface area (Å²) in [6.07, 6.45) is 1.96. The van der Waals surface area contributed by atoms with Crippen LogP contribution in [-0.4, -0.2) is 6.21 Å². The number of hydrogen-bond donors (Lipinski definition) is 0. The van der Waals surface area contributed by atoms with Crippen molar-refractivity contribution >= 4 is 22.7 Å². The molecule has 0 radical (unpaired) electrons. The van der Waals surface area contributed by atoms with Gasteiger partial charge >= 0.3 is 0 Å². The normalized spacial score (nSPS) is 11.3. The van der Waals surface area contributed by atoms with Crippen LogP contribution in [0.1, 0.15) is 16.7 Å². The third kappa shape index (κ3) is 2.35. The molecule has 1 heteroatoms. The Hall–Kier alpha value is -2.41. The van der Waals surface area contributed by atoms with Crippen molar-refractivity contribution in [3.05, 3.63) is 77.4 Å². The Bertz CT molecular complexity index is 779. The van der Waals surface area contributed by atoms with Crippen LogP contribution in [0.4, 0.5) is 5.69 Å². The van der Waals surface area contributed by atoms with Gasteiger partial charge in [-0.15, -0.1) is 0 Å². The average molecular weight is 259 g/mol. The predicted octanol–water partition coefficient (Wildman–Crippen LogP) is 5.21. The topological polar surface area (TPSA) is 12.4 Å². The lowest BCUT2D eigenvalue weighted by Gasteiger charge is -2.04. The van der Waals surface area contributed by atoms with Gasteiger partial charge in [0.25, 0.3) is 0 Å². The van der Waals surface area contributed by atoms with Crippen LogP contribution in [0.3, 0.4) is 0 Å². The summed E-state index contributed by atoms with van der Waals surface area (Å²) in [5.74, 6) is 0. The standard InChI is InChI=1S/C19H17N/c1-14-7-5-12-19(15(14)2)20-13-17-10-6-9-16-8-3-4-11-18(16)17/h3-13H,1-2H3. The van der Waals surface area contributed by atoms with E-state index in [4.69, 9.17) is 0 Å². The van der Waals surface area contributed by atoms with Gasteiger partial charge in [-0.1, -0.05) is 54.6 Å². The quantitative estimate of drug-likeness (QED) is 0.560. The van der Waals surface area contributed by atoms with Crippen molar-refractivity contribution < 1.29 is 0 Å². The van der Waals surface area contributed by atoms with Crippen molar-refractivity contribution in [3.8, 4) is 0 Å². The van der Waals surface area contributed by atoms with Crippen LogP contribution < -0.4 is 0 Å². The van der Waals surface area contributed by atoms with Gasteiger partial charge in [-0.05, 0) is 41.8 Å². The van der Waals surface area contributed by atoms with E-state index < -0.39 is 0 Å². The Morgan fingerprint density at radius 2 is 1.55 bits per heavy atom. The van der Waals surface area contributed by atoms with E-state index in [1.54, 1.807) is 0 Å². The minimum Gasteiger partial charge on any atom is -0.256 e. The molecular weight excluding hydrogens is 242 g/mol. The zero-order valence-electron chi connectivity index (χ0n) is 11.8. The molecule has 0 unspecified atom stereocenters. The number of benzene rings is 3. The maximum absolute atomic E-state index is 4.66. The first kappa shape index (κ1) is 12.6. The third-order valence-electron chi connectivity index (χ3n) is 3.74. The van der Waals surface area contributed by atoms with E-state index >= 15 is 0 Å². The SMILES string of the molecule is Cc1cccc(N=Cc2cccc3ccccc23)c1C. The number of hydrogen-bond acceptors (Lipinski definition) is 1. The molecule has 0 amide bonds. The fraction of sp³-hybridized carbons (Fsp3) is 0.105. The zero-order chi connectivity index (χ0) is 13.9. The summed E-state index contributed by atoms with van der Waals surface area (Å²) < 4.78 is 0. The molecular formula is C19H17N. The lowest BCUT2D eigenvalue weighted by atomic mass is 10.1. The van der Waals surface area contributed by atoms with E-state index in [0.29, 0.717) is 0 Å². The molecule has 0 fully saturated rings. The van der Waals surface area contributed by atoms with Crippen molar-refractivity contribution in [1.82, 2.24) is 0 Å². The van der Waals surface area contributed by atoms with E-state index in [1.165, 1.54) is 21.9 Å². The maximum Gasteiger partial charge on any atom is 0.0661 e. The highest BCUT2D eigenvalue weighted by atomic mass is 14.7. The molecule has 0 aliphatic carbocycles. The van der Waals surface area contributed by atoms with Crippen LogP contribution >= 0.6 is 0 Å². The fourth-order valence-corrected chi connectivity index (χ4v) is 2.38. The molecule has 1 nitrogen and oxygen atoms in total. The summed E-state index contributed by atoms with van der Waals surface area (Å²) in [6.45, 7) is 4.23. The molecule has 3 aromatic carbocycles. The Kier molecular flexibility index (Phi) is 3.34. The number of nitrogens with zero attached hydrogens (tertiary/aromatic N) is 1. The van der Waals surface area contributed by atoms with Crippen molar-refractivity contribution in [3.63, 3.8) is 0 Å². The summed E-state index contributed by atoms with van der Waals surface area (Å²) in [7, 11) is 0. The largest absolute Gasteiger partial charge is 0.256 e. The van der Waals surface area contributed by atoms with Gasteiger partial charge in [-0.2, -0.15) is 0 Å². The Balaban J connectivity index is 2.05. The first-order valence-corrected chi connectivity index (χ1v) is 6.84. The van der Waals surface area contributed by atoms with Gasteiger partial charge in [0.1, 0.15) is 0 Å². The van der Waals surface area contributed by atoms with Gasteiger partial charge in [0.15, 0.2) is 0 Å². The van der Waals surface area contributed by atoms with Crippen LogP contribution in [0.15, 0.2) is 65.7 Å². The van der Waals surface area contributed by atoms with Gasteiger partial charge in [0.2, 0.25) is 0 Å². The highest BCUT2D eigenvalue weighted by Gasteiger charge is 2.00. The molecule has 0 atom stereocenters. The molecule has 3 aromatic rings. The minimum atomic E-state index is 1.04. The van der Waals surface area contributed by atoms with Gasteiger partial charge in [-0.3, -0.25) is 4.99 Å². The molecule has 20 heavy (non-hydrogen) atoms. The molecule has 0 aromatic heterocycles. The zero-order valence-corrected chi connectivity index (χ0v) is 11.8. The average Bonchev–Trinajstić information content (AvgIpc) is 2.49. The van der Waals surface area contributed by atoms with Gasteiger partial charge in [0, 0.05) is 11.8 Å². The summed E-state index contributed by atoms with van der Waals surface area (Å²) in [6, 6.07) is 20.9. The molecule has 0 aliphatic rings. The van der Waals surface area contributed by atoms with E-state index in [0.717, 1.165) is 11.3 Å². The number of fused-ring (bicyclic) bond motifs is 1. The van der Waals surface area contributed by atoms with Crippen LogP contribution in [0.25, 0.3) is 10.8 Å². The molecule has 3 rings (SSSR count). The predicted molar refractivity (Wildman–Crippen MR) is 87.1 cm³/mol. The minimum absolute atomic E-state index is 1.04. The summed E-state index contributed by atoms with van der Waals surface area (Å²) in [5.41, 5.74) is 4.71. The lowest BCUT2D eigenvalue weighted by Crippen LogP contribution is -1.85. The summed E-state index contributed by atoms with van der Waals surface area (Å²) in [5, 5.41) is 2.49. The van der Waals surface area contributed by atoms with E-state index in [1.807, 2.05) is 6.21 Å². The van der Waals surface area contributed by atoms with E-state index in [-0.39, 0.29) is 0 Å². The van der Waals surface area contributed by atoms with E-state index in [9.17, 15) is 0 Å². The Morgan fingerprint density at radius 3 is 2.45 bits per heavy atom. The molecule has 0 heterocycles. The number of rotatable bonds is 2. The maximum atomic E-state index is 4.66. The molecule has 98 valence electrons. The van der Waals surface area contributed by atoms with Crippen LogP contribution in [-0.2, 0) is 0 Å². The van der Waals surface area contributed by atoms with E-state index in [2.05, 4.69) is 79.5 Å². The Labute approximate surface area is 119 Å². The van der Waals surface area contributed by atoms with Gasteiger partial charge in [0.05, 0.1) is 5.69 Å². The Morgan fingerprint density at radius 1 is 0.800 bits per heavy atom. The van der Waals surface area contributed by atoms with Gasteiger partial charge < -0.3 is 0 Å². The van der Waals surface area contributed by atoms with Crippen LogP contribution in [0.2, 0.25) is 0 Å². The molecule has 0 N–H and O–H groups in total. The van der Waals surface area contributed by atoms with Crippen molar-refractivity contribution in [2.24, 2.45) is 4.99 Å². The first-order valence-electron chi connectivity index (χ1n) is 6.84. The molecule has 0 spiro atoms. The smallest absolute Gasteiger partial charge is 0.0661 e. The monoisotopic (exact) mass is 259 g/mol. The van der Waals surface area contributed by atoms with Crippen LogP contribution in [0, 0.1) is 13.8 Å². The molecule has 0 bridgehead atoms. The first-order chi connectivity index (χ1) is 9.75.